The molecule has 9 heteroatoms. The number of anilines is 1. The first-order valence-electron chi connectivity index (χ1n) is 7.69. The van der Waals surface area contributed by atoms with Crippen molar-refractivity contribution in [3.63, 3.8) is 0 Å². The third kappa shape index (κ3) is 4.20. The summed E-state index contributed by atoms with van der Waals surface area (Å²) in [5.41, 5.74) is 0.837. The van der Waals surface area contributed by atoms with E-state index in [4.69, 9.17) is 0 Å². The SMILES string of the molecule is Cc1nc(-c2ccc(F)cc2)sc1C(=O)Nc1cc(S(C)(=O)=O)ccc1F. The molecular weight excluding hydrogens is 394 g/mol. The van der Waals surface area contributed by atoms with Crippen molar-refractivity contribution in [3.8, 4) is 10.6 Å². The normalized spacial score (nSPS) is 11.4. The van der Waals surface area contributed by atoms with Crippen molar-refractivity contribution in [2.75, 3.05) is 11.6 Å². The van der Waals surface area contributed by atoms with Gasteiger partial charge in [-0.3, -0.25) is 4.79 Å². The monoisotopic (exact) mass is 408 g/mol. The molecule has 140 valence electrons. The van der Waals surface area contributed by atoms with Gasteiger partial charge in [0, 0.05) is 11.8 Å². The standard InChI is InChI=1S/C18H14F2N2O3S2/c1-10-16(26-18(21-10)11-3-5-12(19)6-4-11)17(23)22-15-9-13(27(2,24)25)7-8-14(15)20/h3-9H,1-2H3,(H,22,23). The van der Waals surface area contributed by atoms with E-state index in [1.165, 1.54) is 12.1 Å². The molecule has 0 saturated heterocycles. The summed E-state index contributed by atoms with van der Waals surface area (Å²) < 4.78 is 50.3. The van der Waals surface area contributed by atoms with Gasteiger partial charge in [0.25, 0.3) is 5.91 Å². The molecule has 1 amide bonds. The molecule has 0 bridgehead atoms. The maximum absolute atomic E-state index is 14.0. The molecule has 0 unspecified atom stereocenters. The Kier molecular flexibility index (Phi) is 5.07. The Morgan fingerprint density at radius 2 is 1.78 bits per heavy atom. The van der Waals surface area contributed by atoms with E-state index in [1.54, 1.807) is 19.1 Å². The van der Waals surface area contributed by atoms with Crippen molar-refractivity contribution in [2.24, 2.45) is 0 Å². The lowest BCUT2D eigenvalue weighted by Crippen LogP contribution is -2.13. The Balaban J connectivity index is 1.90. The van der Waals surface area contributed by atoms with Crippen LogP contribution >= 0.6 is 11.3 Å². The van der Waals surface area contributed by atoms with Gasteiger partial charge in [-0.2, -0.15) is 0 Å². The molecule has 0 saturated carbocycles. The number of hydrogen-bond donors (Lipinski definition) is 1. The van der Waals surface area contributed by atoms with Crippen LogP contribution in [-0.2, 0) is 9.84 Å². The van der Waals surface area contributed by atoms with Crippen LogP contribution in [0, 0.1) is 18.6 Å². The first-order chi connectivity index (χ1) is 12.6. The van der Waals surface area contributed by atoms with Crippen LogP contribution < -0.4 is 5.32 Å². The number of thiazole rings is 1. The van der Waals surface area contributed by atoms with Crippen LogP contribution in [-0.4, -0.2) is 25.6 Å². The highest BCUT2D eigenvalue weighted by atomic mass is 32.2. The van der Waals surface area contributed by atoms with Crippen LogP contribution in [0.3, 0.4) is 0 Å². The number of hydrogen-bond acceptors (Lipinski definition) is 5. The minimum absolute atomic E-state index is 0.104. The summed E-state index contributed by atoms with van der Waals surface area (Å²) in [7, 11) is -3.54. The summed E-state index contributed by atoms with van der Waals surface area (Å²) in [5.74, 6) is -1.74. The molecular formula is C18H14F2N2O3S2. The number of aryl methyl sites for hydroxylation is 1. The number of halogens is 2. The summed E-state index contributed by atoms with van der Waals surface area (Å²) in [4.78, 5) is 17.0. The van der Waals surface area contributed by atoms with Gasteiger partial charge in [0.05, 0.1) is 16.3 Å². The van der Waals surface area contributed by atoms with Gasteiger partial charge in [-0.25, -0.2) is 22.2 Å². The number of benzene rings is 2. The third-order valence-corrected chi connectivity index (χ3v) is 6.02. The zero-order valence-electron chi connectivity index (χ0n) is 14.3. The molecule has 0 atom stereocenters. The molecule has 1 aromatic heterocycles. The summed E-state index contributed by atoms with van der Waals surface area (Å²) in [6, 6.07) is 8.85. The van der Waals surface area contributed by atoms with Crippen LogP contribution in [0.15, 0.2) is 47.4 Å². The van der Waals surface area contributed by atoms with Crippen LogP contribution in [0.1, 0.15) is 15.4 Å². The van der Waals surface area contributed by atoms with Crippen molar-refractivity contribution in [2.45, 2.75) is 11.8 Å². The summed E-state index contributed by atoms with van der Waals surface area (Å²) in [6.07, 6.45) is 0.994. The first kappa shape index (κ1) is 19.1. The highest BCUT2D eigenvalue weighted by Gasteiger charge is 2.19. The predicted molar refractivity (Wildman–Crippen MR) is 99.7 cm³/mol. The highest BCUT2D eigenvalue weighted by Crippen LogP contribution is 2.29. The van der Waals surface area contributed by atoms with Crippen molar-refractivity contribution in [1.29, 1.82) is 0 Å². The lowest BCUT2D eigenvalue weighted by molar-refractivity contribution is 0.102. The van der Waals surface area contributed by atoms with Crippen molar-refractivity contribution in [1.82, 2.24) is 4.98 Å². The molecule has 2 aromatic carbocycles. The largest absolute Gasteiger partial charge is 0.319 e. The minimum atomic E-state index is -3.54. The molecule has 0 aliphatic heterocycles. The average molecular weight is 408 g/mol. The van der Waals surface area contributed by atoms with Gasteiger partial charge in [0.15, 0.2) is 9.84 Å². The van der Waals surface area contributed by atoms with E-state index in [0.717, 1.165) is 35.8 Å². The average Bonchev–Trinajstić information content (AvgIpc) is 2.98. The maximum Gasteiger partial charge on any atom is 0.267 e. The fraction of sp³-hybridized carbons (Fsp3) is 0.111. The molecule has 0 radical (unpaired) electrons. The third-order valence-electron chi connectivity index (χ3n) is 3.71. The summed E-state index contributed by atoms with van der Waals surface area (Å²) >= 11 is 1.08. The fourth-order valence-electron chi connectivity index (χ4n) is 2.33. The second-order valence-corrected chi connectivity index (χ2v) is 8.82. The lowest BCUT2D eigenvalue weighted by Gasteiger charge is -2.07. The minimum Gasteiger partial charge on any atom is -0.319 e. The van der Waals surface area contributed by atoms with Gasteiger partial charge in [-0.05, 0) is 49.4 Å². The van der Waals surface area contributed by atoms with E-state index in [-0.39, 0.29) is 21.3 Å². The van der Waals surface area contributed by atoms with Gasteiger partial charge in [0.1, 0.15) is 21.5 Å². The molecule has 1 N–H and O–H groups in total. The highest BCUT2D eigenvalue weighted by molar-refractivity contribution is 7.90. The number of aromatic nitrogens is 1. The van der Waals surface area contributed by atoms with Gasteiger partial charge >= 0.3 is 0 Å². The van der Waals surface area contributed by atoms with Crippen LogP contribution in [0.2, 0.25) is 0 Å². The van der Waals surface area contributed by atoms with Crippen molar-refractivity contribution >= 4 is 32.8 Å². The number of amides is 1. The van der Waals surface area contributed by atoms with Gasteiger partial charge in [-0.1, -0.05) is 0 Å². The van der Waals surface area contributed by atoms with Gasteiger partial charge < -0.3 is 5.32 Å². The number of nitrogens with zero attached hydrogens (tertiary/aromatic N) is 1. The number of rotatable bonds is 4. The van der Waals surface area contributed by atoms with E-state index in [2.05, 4.69) is 10.3 Å². The van der Waals surface area contributed by atoms with E-state index in [1.807, 2.05) is 0 Å². The quantitative estimate of drug-likeness (QED) is 0.661. The molecule has 0 fully saturated rings. The van der Waals surface area contributed by atoms with E-state index >= 15 is 0 Å². The van der Waals surface area contributed by atoms with E-state index in [0.29, 0.717) is 16.3 Å². The Bertz CT molecular complexity index is 1120. The number of sulfone groups is 1. The molecule has 0 aliphatic carbocycles. The Morgan fingerprint density at radius 1 is 1.11 bits per heavy atom. The second-order valence-electron chi connectivity index (χ2n) is 5.81. The molecule has 3 rings (SSSR count). The lowest BCUT2D eigenvalue weighted by atomic mass is 10.2. The number of carbonyl (C=O) groups excluding carboxylic acids is 1. The molecule has 1 heterocycles. The van der Waals surface area contributed by atoms with Crippen LogP contribution in [0.4, 0.5) is 14.5 Å². The van der Waals surface area contributed by atoms with Crippen LogP contribution in [0.25, 0.3) is 10.6 Å². The number of nitrogens with one attached hydrogen (secondary N) is 1. The van der Waals surface area contributed by atoms with E-state index in [9.17, 15) is 22.0 Å². The van der Waals surface area contributed by atoms with Crippen molar-refractivity contribution in [3.05, 3.63) is 64.7 Å². The zero-order chi connectivity index (χ0) is 19.8. The summed E-state index contributed by atoms with van der Waals surface area (Å²) in [6.45, 7) is 1.63. The predicted octanol–water partition coefficient (Wildman–Crippen LogP) is 4.05. The van der Waals surface area contributed by atoms with Gasteiger partial charge in [0.2, 0.25) is 0 Å². The Labute approximate surface area is 158 Å². The molecule has 0 aliphatic rings. The molecule has 3 aromatic rings. The maximum atomic E-state index is 14.0. The first-order valence-corrected chi connectivity index (χ1v) is 10.4. The smallest absolute Gasteiger partial charge is 0.267 e. The van der Waals surface area contributed by atoms with Gasteiger partial charge in [-0.15, -0.1) is 11.3 Å². The summed E-state index contributed by atoms with van der Waals surface area (Å²) in [5, 5.41) is 2.90. The van der Waals surface area contributed by atoms with Crippen molar-refractivity contribution < 1.29 is 22.0 Å². The second kappa shape index (κ2) is 7.16. The molecule has 27 heavy (non-hydrogen) atoms. The Morgan fingerprint density at radius 3 is 2.41 bits per heavy atom. The number of carbonyl (C=O) groups is 1. The Hall–Kier alpha value is -2.65. The van der Waals surface area contributed by atoms with E-state index < -0.39 is 21.6 Å². The van der Waals surface area contributed by atoms with Crippen LogP contribution in [0.5, 0.6) is 0 Å². The zero-order valence-corrected chi connectivity index (χ0v) is 15.9. The fourth-order valence-corrected chi connectivity index (χ4v) is 3.95. The molecule has 5 nitrogen and oxygen atoms in total. The topological polar surface area (TPSA) is 76.1 Å². The molecule has 0 spiro atoms.